The van der Waals surface area contributed by atoms with E-state index in [9.17, 15) is 4.79 Å². The fourth-order valence-electron chi connectivity index (χ4n) is 1.63. The fourth-order valence-corrected chi connectivity index (χ4v) is 1.63. The Labute approximate surface area is 116 Å². The molecule has 0 aliphatic heterocycles. The molecule has 2 aromatic heterocycles. The van der Waals surface area contributed by atoms with E-state index in [0.717, 1.165) is 5.82 Å². The first kappa shape index (κ1) is 13.8. The molecule has 0 atom stereocenters. The van der Waals surface area contributed by atoms with E-state index >= 15 is 0 Å². The lowest BCUT2D eigenvalue weighted by Crippen LogP contribution is -2.27. The lowest BCUT2D eigenvalue weighted by Gasteiger charge is -2.05. The highest BCUT2D eigenvalue weighted by molar-refractivity contribution is 5.94. The first-order valence-corrected chi connectivity index (χ1v) is 6.12. The van der Waals surface area contributed by atoms with Gasteiger partial charge in [-0.3, -0.25) is 4.79 Å². The summed E-state index contributed by atoms with van der Waals surface area (Å²) in [7, 11) is 0. The van der Waals surface area contributed by atoms with Gasteiger partial charge in [0.25, 0.3) is 5.91 Å². The van der Waals surface area contributed by atoms with Crippen molar-refractivity contribution in [2.24, 2.45) is 0 Å². The monoisotopic (exact) mass is 270 g/mol. The average Bonchev–Trinajstić information content (AvgIpc) is 2.98. The molecule has 0 bridgehead atoms. The summed E-state index contributed by atoms with van der Waals surface area (Å²) < 4.78 is 0. The van der Waals surface area contributed by atoms with Gasteiger partial charge in [-0.2, -0.15) is 0 Å². The second-order valence-electron chi connectivity index (χ2n) is 3.90. The van der Waals surface area contributed by atoms with Crippen molar-refractivity contribution in [2.45, 2.75) is 6.42 Å². The Bertz CT molecular complexity index is 626. The number of aliphatic hydroxyl groups excluding tert-OH is 1. The molecule has 20 heavy (non-hydrogen) atoms. The predicted molar refractivity (Wildman–Crippen MR) is 72.8 cm³/mol. The number of pyridine rings is 1. The molecule has 3 N–H and O–H groups in total. The van der Waals surface area contributed by atoms with Gasteiger partial charge in [-0.25, -0.2) is 9.97 Å². The smallest absolute Gasteiger partial charge is 0.271 e. The molecule has 0 saturated carbocycles. The van der Waals surface area contributed by atoms with Crippen LogP contribution in [0, 0.1) is 11.8 Å². The van der Waals surface area contributed by atoms with Crippen molar-refractivity contribution in [3.63, 3.8) is 0 Å². The van der Waals surface area contributed by atoms with Crippen LogP contribution >= 0.6 is 0 Å². The summed E-state index contributed by atoms with van der Waals surface area (Å²) in [5, 5.41) is 11.5. The zero-order chi connectivity index (χ0) is 14.2. The maximum Gasteiger partial charge on any atom is 0.271 e. The van der Waals surface area contributed by atoms with E-state index in [1.165, 1.54) is 6.20 Å². The third kappa shape index (κ3) is 3.67. The van der Waals surface area contributed by atoms with Crippen LogP contribution in [0.5, 0.6) is 0 Å². The molecule has 0 saturated heterocycles. The molecule has 2 rings (SSSR count). The first-order chi connectivity index (χ1) is 9.81. The molecule has 0 radical (unpaired) electrons. The van der Waals surface area contributed by atoms with Crippen LogP contribution in [0.3, 0.4) is 0 Å². The number of aromatic nitrogens is 3. The van der Waals surface area contributed by atoms with Gasteiger partial charge in [0.15, 0.2) is 0 Å². The maximum atomic E-state index is 12.0. The summed E-state index contributed by atoms with van der Waals surface area (Å²) in [6, 6.07) is 3.39. The molecule has 0 aliphatic rings. The van der Waals surface area contributed by atoms with Crippen LogP contribution in [0.2, 0.25) is 0 Å². The molecule has 0 unspecified atom stereocenters. The van der Waals surface area contributed by atoms with Crippen LogP contribution in [-0.2, 0) is 6.42 Å². The lowest BCUT2D eigenvalue weighted by atomic mass is 10.2. The predicted octanol–water partition coefficient (Wildman–Crippen LogP) is 0.121. The topological polar surface area (TPSA) is 90.9 Å². The molecule has 0 aromatic carbocycles. The number of nitrogens with zero attached hydrogens (tertiary/aromatic N) is 2. The Hall–Kier alpha value is -2.65. The normalized spacial score (nSPS) is 9.65. The van der Waals surface area contributed by atoms with Gasteiger partial charge in [-0.05, 0) is 12.1 Å². The lowest BCUT2D eigenvalue weighted by molar-refractivity contribution is 0.0949. The number of amides is 1. The number of nitrogens with one attached hydrogen (secondary N) is 2. The van der Waals surface area contributed by atoms with E-state index in [2.05, 4.69) is 32.1 Å². The average molecular weight is 270 g/mol. The third-order valence-corrected chi connectivity index (χ3v) is 2.53. The van der Waals surface area contributed by atoms with Crippen LogP contribution in [0.25, 0.3) is 0 Å². The van der Waals surface area contributed by atoms with Crippen LogP contribution in [0.15, 0.2) is 30.7 Å². The van der Waals surface area contributed by atoms with Gasteiger partial charge in [0.1, 0.15) is 18.1 Å². The van der Waals surface area contributed by atoms with Crippen LogP contribution in [0.1, 0.15) is 21.9 Å². The van der Waals surface area contributed by atoms with E-state index in [4.69, 9.17) is 5.11 Å². The fraction of sp³-hybridized carbons (Fsp3) is 0.214. The summed E-state index contributed by atoms with van der Waals surface area (Å²) in [5.41, 5.74) is 0.755. The van der Waals surface area contributed by atoms with Crippen molar-refractivity contribution in [1.82, 2.24) is 20.3 Å². The summed E-state index contributed by atoms with van der Waals surface area (Å²) in [4.78, 5) is 23.1. The third-order valence-electron chi connectivity index (χ3n) is 2.53. The van der Waals surface area contributed by atoms with E-state index in [0.29, 0.717) is 18.5 Å². The number of hydrogen-bond donors (Lipinski definition) is 3. The van der Waals surface area contributed by atoms with Gasteiger partial charge in [0.2, 0.25) is 0 Å². The number of rotatable bonds is 4. The standard InChI is InChI=1S/C14H14N4O2/c19-10-2-4-11-3-1-6-17-13(11)14(20)18-7-5-12-15-8-9-16-12/h1,3,6,8-9,19H,5,7,10H2,(H,15,16)(H,18,20). The van der Waals surface area contributed by atoms with Gasteiger partial charge in [0.05, 0.1) is 5.56 Å². The van der Waals surface area contributed by atoms with Crippen molar-refractivity contribution < 1.29 is 9.90 Å². The van der Waals surface area contributed by atoms with Crippen LogP contribution in [0.4, 0.5) is 0 Å². The molecule has 0 fully saturated rings. The van der Waals surface area contributed by atoms with E-state index in [1.807, 2.05) is 0 Å². The van der Waals surface area contributed by atoms with Crippen LogP contribution in [-0.4, -0.2) is 39.1 Å². The number of aromatic amines is 1. The largest absolute Gasteiger partial charge is 0.384 e. The second kappa shape index (κ2) is 7.07. The number of carbonyl (C=O) groups excluding carboxylic acids is 1. The number of hydrogen-bond acceptors (Lipinski definition) is 4. The highest BCUT2D eigenvalue weighted by Gasteiger charge is 2.10. The van der Waals surface area contributed by atoms with Crippen molar-refractivity contribution in [1.29, 1.82) is 0 Å². The Morgan fingerprint density at radius 2 is 2.30 bits per heavy atom. The summed E-state index contributed by atoms with van der Waals surface area (Å²) in [5.74, 6) is 5.73. The molecule has 6 nitrogen and oxygen atoms in total. The Balaban J connectivity index is 1.98. The van der Waals surface area contributed by atoms with Gasteiger partial charge >= 0.3 is 0 Å². The van der Waals surface area contributed by atoms with Crippen LogP contribution < -0.4 is 5.32 Å². The molecule has 0 aliphatic carbocycles. The van der Waals surface area contributed by atoms with Crippen molar-refractivity contribution in [2.75, 3.05) is 13.2 Å². The molecule has 2 aromatic rings. The molecule has 1 amide bonds. The summed E-state index contributed by atoms with van der Waals surface area (Å²) >= 11 is 0. The van der Waals surface area contributed by atoms with Gasteiger partial charge in [-0.15, -0.1) is 0 Å². The maximum absolute atomic E-state index is 12.0. The SMILES string of the molecule is O=C(NCCc1ncc[nH]1)c1ncccc1C#CCO. The highest BCUT2D eigenvalue weighted by atomic mass is 16.2. The second-order valence-corrected chi connectivity index (χ2v) is 3.90. The minimum absolute atomic E-state index is 0.256. The van der Waals surface area contributed by atoms with E-state index < -0.39 is 0 Å². The first-order valence-electron chi connectivity index (χ1n) is 6.12. The van der Waals surface area contributed by atoms with E-state index in [-0.39, 0.29) is 18.2 Å². The van der Waals surface area contributed by atoms with Crippen molar-refractivity contribution >= 4 is 5.91 Å². The zero-order valence-electron chi connectivity index (χ0n) is 10.8. The zero-order valence-corrected chi connectivity index (χ0v) is 10.8. The Kier molecular flexibility index (Phi) is 4.87. The van der Waals surface area contributed by atoms with Crippen molar-refractivity contribution in [3.8, 4) is 11.8 Å². The van der Waals surface area contributed by atoms with Gasteiger partial charge < -0.3 is 15.4 Å². The van der Waals surface area contributed by atoms with Gasteiger partial charge in [0, 0.05) is 31.6 Å². The molecular formula is C14H14N4O2. The minimum Gasteiger partial charge on any atom is -0.384 e. The molecule has 6 heteroatoms. The Morgan fingerprint density at radius 3 is 3.05 bits per heavy atom. The number of H-pyrrole nitrogens is 1. The molecule has 2 heterocycles. The highest BCUT2D eigenvalue weighted by Crippen LogP contribution is 2.03. The molecular weight excluding hydrogens is 256 g/mol. The molecule has 102 valence electrons. The summed E-state index contributed by atoms with van der Waals surface area (Å²) in [6.07, 6.45) is 5.55. The number of carbonyl (C=O) groups is 1. The summed E-state index contributed by atoms with van der Waals surface area (Å²) in [6.45, 7) is 0.199. The van der Waals surface area contributed by atoms with Gasteiger partial charge in [-0.1, -0.05) is 11.8 Å². The Morgan fingerprint density at radius 1 is 1.40 bits per heavy atom. The number of imidazole rings is 1. The minimum atomic E-state index is -0.292. The quantitative estimate of drug-likeness (QED) is 0.688. The van der Waals surface area contributed by atoms with E-state index in [1.54, 1.807) is 24.5 Å². The molecule has 0 spiro atoms. The number of aliphatic hydroxyl groups is 1. The van der Waals surface area contributed by atoms with Crippen molar-refractivity contribution in [3.05, 3.63) is 47.8 Å².